The number of carbonyl (C=O) groups excluding carboxylic acids is 2. The molecule has 1 N–H and O–H groups in total. The number of aromatic nitrogens is 3. The highest BCUT2D eigenvalue weighted by Gasteiger charge is 2.37. The summed E-state index contributed by atoms with van der Waals surface area (Å²) in [4.78, 5) is 33.2. The Balaban J connectivity index is 1.24. The first-order valence-corrected chi connectivity index (χ1v) is 13.4. The van der Waals surface area contributed by atoms with Gasteiger partial charge in [0, 0.05) is 44.5 Å². The number of pyridine rings is 1. The van der Waals surface area contributed by atoms with Gasteiger partial charge in [0.25, 0.3) is 5.91 Å². The third-order valence-electron chi connectivity index (χ3n) is 7.67. The van der Waals surface area contributed by atoms with Crippen LogP contribution in [0.4, 0.5) is 22.4 Å². The molecule has 3 aromatic rings. The topological polar surface area (TPSA) is 92.6 Å². The van der Waals surface area contributed by atoms with E-state index in [9.17, 15) is 27.2 Å². The predicted octanol–water partition coefficient (Wildman–Crippen LogP) is 4.80. The van der Waals surface area contributed by atoms with Crippen LogP contribution < -0.4 is 5.32 Å². The van der Waals surface area contributed by atoms with E-state index in [1.807, 2.05) is 6.20 Å². The lowest BCUT2D eigenvalue weighted by atomic mass is 10.0. The average Bonchev–Trinajstić information content (AvgIpc) is 3.61. The number of benzene rings is 1. The lowest BCUT2D eigenvalue weighted by molar-refractivity contribution is -0.137. The number of nitrogens with one attached hydrogen (secondary N) is 1. The molecule has 0 aliphatic carbocycles. The van der Waals surface area contributed by atoms with Crippen LogP contribution in [0.2, 0.25) is 0 Å². The van der Waals surface area contributed by atoms with Gasteiger partial charge < -0.3 is 15.0 Å². The zero-order valence-electron chi connectivity index (χ0n) is 23.3. The summed E-state index contributed by atoms with van der Waals surface area (Å²) in [6.45, 7) is 5.87. The smallest absolute Gasteiger partial charge is 0.417 e. The quantitative estimate of drug-likeness (QED) is 0.400. The molecule has 2 aromatic heterocycles. The first kappa shape index (κ1) is 29.2. The van der Waals surface area contributed by atoms with Crippen molar-refractivity contribution in [3.8, 4) is 5.82 Å². The molecule has 0 saturated carbocycles. The number of aryl methyl sites for hydroxylation is 1. The van der Waals surface area contributed by atoms with E-state index in [1.54, 1.807) is 30.9 Å². The summed E-state index contributed by atoms with van der Waals surface area (Å²) in [5.41, 5.74) is 2.23. The van der Waals surface area contributed by atoms with Crippen LogP contribution in [0.3, 0.4) is 0 Å². The van der Waals surface area contributed by atoms with Gasteiger partial charge in [-0.2, -0.15) is 18.3 Å². The molecule has 2 aliphatic rings. The fourth-order valence-electron chi connectivity index (χ4n) is 5.56. The fourth-order valence-corrected chi connectivity index (χ4v) is 5.56. The second kappa shape index (κ2) is 11.6. The normalized spacial score (nSPS) is 17.6. The van der Waals surface area contributed by atoms with Crippen molar-refractivity contribution in [1.82, 2.24) is 29.9 Å². The number of carbonyl (C=O) groups is 2. The monoisotopic (exact) mass is 586 g/mol. The van der Waals surface area contributed by atoms with E-state index in [0.717, 1.165) is 24.4 Å². The summed E-state index contributed by atoms with van der Waals surface area (Å²) < 4.78 is 58.8. The molecule has 0 spiro atoms. The molecule has 1 aromatic carbocycles. The van der Waals surface area contributed by atoms with E-state index in [0.29, 0.717) is 48.6 Å². The van der Waals surface area contributed by atoms with Crippen LogP contribution in [-0.4, -0.2) is 69.9 Å². The van der Waals surface area contributed by atoms with Crippen molar-refractivity contribution in [2.75, 3.05) is 33.3 Å². The fraction of sp³-hybridized carbons (Fsp3) is 0.379. The lowest BCUT2D eigenvalue weighted by Gasteiger charge is -2.23. The molecule has 5 rings (SSSR count). The number of likely N-dealkylation sites (tertiary alicyclic amines) is 1. The summed E-state index contributed by atoms with van der Waals surface area (Å²) in [7, 11) is 1.28. The van der Waals surface area contributed by atoms with Gasteiger partial charge in [0.05, 0.1) is 35.7 Å². The van der Waals surface area contributed by atoms with Crippen molar-refractivity contribution in [3.05, 3.63) is 88.3 Å². The molecule has 0 bridgehead atoms. The van der Waals surface area contributed by atoms with E-state index >= 15 is 0 Å². The second-order valence-electron chi connectivity index (χ2n) is 10.5. The Bertz CT molecular complexity index is 1520. The van der Waals surface area contributed by atoms with Gasteiger partial charge in [0.2, 0.25) is 0 Å². The minimum atomic E-state index is -4.50. The largest absolute Gasteiger partial charge is 0.453 e. The third kappa shape index (κ3) is 6.01. The molecule has 1 saturated heterocycles. The molecule has 1 unspecified atom stereocenters. The summed E-state index contributed by atoms with van der Waals surface area (Å²) in [6, 6.07) is 7.83. The van der Waals surface area contributed by atoms with Crippen LogP contribution in [0, 0.1) is 25.6 Å². The predicted molar refractivity (Wildman–Crippen MR) is 144 cm³/mol. The number of fused-ring (bicyclic) bond motifs is 1. The van der Waals surface area contributed by atoms with Crippen molar-refractivity contribution >= 4 is 12.0 Å². The summed E-state index contributed by atoms with van der Waals surface area (Å²) >= 11 is 0. The highest BCUT2D eigenvalue weighted by Crippen LogP contribution is 2.33. The Labute approximate surface area is 239 Å². The molecule has 2 amide bonds. The first-order valence-electron chi connectivity index (χ1n) is 13.4. The van der Waals surface area contributed by atoms with Gasteiger partial charge in [0.1, 0.15) is 5.82 Å². The van der Waals surface area contributed by atoms with Crippen molar-refractivity contribution in [2.45, 2.75) is 32.5 Å². The Morgan fingerprint density at radius 3 is 2.60 bits per heavy atom. The van der Waals surface area contributed by atoms with Crippen molar-refractivity contribution in [1.29, 1.82) is 0 Å². The van der Waals surface area contributed by atoms with E-state index in [2.05, 4.69) is 20.3 Å². The van der Waals surface area contributed by atoms with Gasteiger partial charge in [-0.15, -0.1) is 0 Å². The van der Waals surface area contributed by atoms with Gasteiger partial charge in [-0.25, -0.2) is 18.9 Å². The van der Waals surface area contributed by atoms with Crippen molar-refractivity contribution < 1.29 is 31.9 Å². The average molecular weight is 587 g/mol. The zero-order valence-corrected chi connectivity index (χ0v) is 23.3. The van der Waals surface area contributed by atoms with Crippen molar-refractivity contribution in [2.24, 2.45) is 5.92 Å². The number of methoxy groups -OCH3 is 1. The number of nitrogens with zero attached hydrogens (tertiary/aromatic N) is 5. The Morgan fingerprint density at radius 1 is 1.17 bits per heavy atom. The number of ether oxygens (including phenoxy) is 1. The maximum atomic E-state index is 13.8. The summed E-state index contributed by atoms with van der Waals surface area (Å²) in [6.07, 6.45) is -1.95. The van der Waals surface area contributed by atoms with Gasteiger partial charge in [0.15, 0.2) is 5.82 Å². The highest BCUT2D eigenvalue weighted by molar-refractivity contribution is 5.97. The standard InChI is InChI=1S/C29H30F4N6O3/c1-17-26(18(2)39(36-17)25-8-7-22(12-34-25)29(31,32)33)27(40)38-15-20-13-37(14-21(20)16-38)10-9-24(35-28(41)42-3)19-5-4-6-23(30)11-19/h4-8,11-12,15,21,24H,9-10,13-14,16H2,1-3H3,(H,35,41)/t21?,24-/m0/s1. The maximum absolute atomic E-state index is 13.8. The molecular weight excluding hydrogens is 556 g/mol. The molecule has 2 aliphatic heterocycles. The number of rotatable bonds is 7. The SMILES string of the molecule is COC(=O)N[C@@H](CCN1CC2=CN(C(=O)c3c(C)nn(-c4ccc(C(F)(F)F)cn4)c3C)CC2C1)c1cccc(F)c1. The number of alkyl carbamates (subject to hydrolysis) is 1. The molecule has 42 heavy (non-hydrogen) atoms. The number of amides is 2. The Kier molecular flexibility index (Phi) is 8.04. The number of halogens is 4. The number of hydrogen-bond acceptors (Lipinski definition) is 6. The van der Waals surface area contributed by atoms with Crippen LogP contribution in [-0.2, 0) is 10.9 Å². The molecule has 13 heteroatoms. The zero-order chi connectivity index (χ0) is 30.2. The number of hydrogen-bond donors (Lipinski definition) is 1. The van der Waals surface area contributed by atoms with Crippen LogP contribution >= 0.6 is 0 Å². The summed E-state index contributed by atoms with van der Waals surface area (Å²) in [5, 5.41) is 7.15. The van der Waals surface area contributed by atoms with Crippen LogP contribution in [0.5, 0.6) is 0 Å². The Hall–Kier alpha value is -4.26. The minimum absolute atomic E-state index is 0.141. The van der Waals surface area contributed by atoms with Gasteiger partial charge in [-0.1, -0.05) is 12.1 Å². The molecule has 2 atom stereocenters. The van der Waals surface area contributed by atoms with Gasteiger partial charge in [-0.3, -0.25) is 9.69 Å². The number of alkyl halides is 3. The van der Waals surface area contributed by atoms with Crippen LogP contribution in [0.1, 0.15) is 45.3 Å². The lowest BCUT2D eigenvalue weighted by Crippen LogP contribution is -2.33. The second-order valence-corrected chi connectivity index (χ2v) is 10.5. The van der Waals surface area contributed by atoms with E-state index in [1.165, 1.54) is 30.0 Å². The first-order chi connectivity index (χ1) is 19.9. The van der Waals surface area contributed by atoms with Gasteiger partial charge >= 0.3 is 12.3 Å². The van der Waals surface area contributed by atoms with Crippen LogP contribution in [0.25, 0.3) is 5.82 Å². The third-order valence-corrected chi connectivity index (χ3v) is 7.67. The molecular formula is C29H30F4N6O3. The van der Waals surface area contributed by atoms with Crippen LogP contribution in [0.15, 0.2) is 54.4 Å². The van der Waals surface area contributed by atoms with Crippen molar-refractivity contribution in [3.63, 3.8) is 0 Å². The summed E-state index contributed by atoms with van der Waals surface area (Å²) in [5.74, 6) is -0.290. The minimum Gasteiger partial charge on any atom is -0.453 e. The maximum Gasteiger partial charge on any atom is 0.417 e. The molecule has 4 heterocycles. The van der Waals surface area contributed by atoms with E-state index < -0.39 is 23.9 Å². The molecule has 0 radical (unpaired) electrons. The van der Waals surface area contributed by atoms with E-state index in [4.69, 9.17) is 4.74 Å². The molecule has 9 nitrogen and oxygen atoms in total. The highest BCUT2D eigenvalue weighted by atomic mass is 19.4. The molecule has 222 valence electrons. The van der Waals surface area contributed by atoms with E-state index in [-0.39, 0.29) is 23.5 Å². The van der Waals surface area contributed by atoms with Gasteiger partial charge in [-0.05, 0) is 55.7 Å². The molecule has 1 fully saturated rings. The Morgan fingerprint density at radius 2 is 1.95 bits per heavy atom.